The molecule has 0 amide bonds. The number of ketones is 1. The first-order valence-corrected chi connectivity index (χ1v) is 11.8. The molecule has 1 aromatic carbocycles. The number of rotatable bonds is 6. The van der Waals surface area contributed by atoms with Crippen molar-refractivity contribution in [1.82, 2.24) is 24.6 Å². The highest BCUT2D eigenvalue weighted by molar-refractivity contribution is 5.84. The topological polar surface area (TPSA) is 63.9 Å². The van der Waals surface area contributed by atoms with E-state index in [0.717, 1.165) is 28.4 Å². The second-order valence-corrected chi connectivity index (χ2v) is 9.54. The van der Waals surface area contributed by atoms with Gasteiger partial charge in [0.25, 0.3) is 0 Å². The molecule has 0 radical (unpaired) electrons. The van der Waals surface area contributed by atoms with Gasteiger partial charge in [-0.3, -0.25) is 14.8 Å². The lowest BCUT2D eigenvalue weighted by Gasteiger charge is -2.22. The highest BCUT2D eigenvalue weighted by atomic mass is 19.4. The fourth-order valence-electron chi connectivity index (χ4n) is 5.23. The summed E-state index contributed by atoms with van der Waals surface area (Å²) in [5.41, 5.74) is 2.84. The predicted octanol–water partition coefficient (Wildman–Crippen LogP) is 4.99. The Morgan fingerprint density at radius 3 is 2.67 bits per heavy atom. The number of likely N-dealkylation sites (N-methyl/N-ethyl adjacent to an activating group) is 1. The summed E-state index contributed by atoms with van der Waals surface area (Å²) < 4.78 is 42.7. The molecule has 0 aliphatic carbocycles. The number of carbonyl (C=O) groups is 1. The molecule has 186 valence electrons. The molecule has 6 nitrogen and oxygen atoms in total. The number of carbonyl (C=O) groups excluding carboxylic acids is 1. The second kappa shape index (κ2) is 9.46. The Balaban J connectivity index is 1.33. The molecular weight excluding hydrogens is 467 g/mol. The summed E-state index contributed by atoms with van der Waals surface area (Å²) in [5, 5.41) is 5.32. The maximum atomic E-state index is 13.6. The molecular formula is C27H26F3N5O. The number of hydrogen-bond donors (Lipinski definition) is 0. The first-order valence-electron chi connectivity index (χ1n) is 11.8. The Labute approximate surface area is 206 Å². The van der Waals surface area contributed by atoms with E-state index in [1.54, 1.807) is 35.4 Å². The lowest BCUT2D eigenvalue weighted by Crippen LogP contribution is -2.20. The molecule has 0 saturated carbocycles. The lowest BCUT2D eigenvalue weighted by atomic mass is 9.83. The minimum Gasteiger partial charge on any atom is -0.305 e. The average molecular weight is 494 g/mol. The zero-order chi connectivity index (χ0) is 25.4. The lowest BCUT2D eigenvalue weighted by molar-refractivity contribution is -0.138. The smallest absolute Gasteiger partial charge is 0.305 e. The van der Waals surface area contributed by atoms with Crippen LogP contribution in [0.25, 0.3) is 16.6 Å². The summed E-state index contributed by atoms with van der Waals surface area (Å²) in [4.78, 5) is 23.7. The quantitative estimate of drug-likeness (QED) is 0.379. The number of aryl methyl sites for hydroxylation is 1. The number of aromatic nitrogens is 4. The van der Waals surface area contributed by atoms with Crippen molar-refractivity contribution >= 4 is 16.7 Å². The number of likely N-dealkylation sites (tertiary alicyclic amines) is 1. The number of alkyl halides is 3. The van der Waals surface area contributed by atoms with Crippen molar-refractivity contribution in [3.63, 3.8) is 0 Å². The summed E-state index contributed by atoms with van der Waals surface area (Å²) in [7, 11) is 1.88. The molecule has 0 N–H and O–H groups in total. The standard InChI is InChI=1S/C27H26F3N5O/c1-17-9-21(7-8-31-17)35-26-14-32-20(10-18(26)13-33-35)12-22(36)11-19-15-34(2)16-24(19)23-5-3-4-6-25(23)27(28,29)30/h3-10,13-14,19,24H,11-12,15-16H2,1-2H3/t19-,24-/m0/s1. The van der Waals surface area contributed by atoms with E-state index in [9.17, 15) is 18.0 Å². The molecule has 0 spiro atoms. The van der Waals surface area contributed by atoms with Crippen molar-refractivity contribution in [2.24, 2.45) is 5.92 Å². The molecule has 1 aliphatic rings. The Hall–Kier alpha value is -3.59. The van der Waals surface area contributed by atoms with Crippen LogP contribution in [0.2, 0.25) is 0 Å². The zero-order valence-corrected chi connectivity index (χ0v) is 20.0. The van der Waals surface area contributed by atoms with Gasteiger partial charge in [0, 0.05) is 54.8 Å². The molecule has 1 fully saturated rings. The molecule has 4 heterocycles. The van der Waals surface area contributed by atoms with E-state index >= 15 is 0 Å². The van der Waals surface area contributed by atoms with Crippen LogP contribution in [0.5, 0.6) is 0 Å². The van der Waals surface area contributed by atoms with E-state index in [4.69, 9.17) is 0 Å². The van der Waals surface area contributed by atoms with Crippen molar-refractivity contribution in [3.05, 3.63) is 83.6 Å². The van der Waals surface area contributed by atoms with E-state index in [2.05, 4.69) is 15.1 Å². The van der Waals surface area contributed by atoms with Crippen molar-refractivity contribution in [3.8, 4) is 5.69 Å². The maximum absolute atomic E-state index is 13.6. The Morgan fingerprint density at radius 2 is 1.89 bits per heavy atom. The van der Waals surface area contributed by atoms with Crippen LogP contribution in [0.15, 0.2) is 61.1 Å². The molecule has 2 atom stereocenters. The van der Waals surface area contributed by atoms with Gasteiger partial charge in [-0.1, -0.05) is 18.2 Å². The van der Waals surface area contributed by atoms with Gasteiger partial charge in [0.05, 0.1) is 29.2 Å². The Kier molecular flexibility index (Phi) is 6.34. The largest absolute Gasteiger partial charge is 0.416 e. The van der Waals surface area contributed by atoms with Crippen LogP contribution in [0.1, 0.15) is 34.9 Å². The van der Waals surface area contributed by atoms with Crippen molar-refractivity contribution < 1.29 is 18.0 Å². The fraction of sp³-hybridized carbons (Fsp3) is 0.333. The molecule has 0 bridgehead atoms. The number of hydrogen-bond acceptors (Lipinski definition) is 5. The Morgan fingerprint density at radius 1 is 1.08 bits per heavy atom. The predicted molar refractivity (Wildman–Crippen MR) is 130 cm³/mol. The summed E-state index contributed by atoms with van der Waals surface area (Å²) >= 11 is 0. The molecule has 0 unspecified atom stereocenters. The van der Waals surface area contributed by atoms with Gasteiger partial charge in [0.15, 0.2) is 0 Å². The summed E-state index contributed by atoms with van der Waals surface area (Å²) in [6.07, 6.45) is 1.06. The third-order valence-corrected chi connectivity index (χ3v) is 6.79. The summed E-state index contributed by atoms with van der Waals surface area (Å²) in [6.45, 7) is 2.97. The van der Waals surface area contributed by atoms with Crippen LogP contribution in [-0.2, 0) is 17.4 Å². The molecule has 36 heavy (non-hydrogen) atoms. The fourth-order valence-corrected chi connectivity index (χ4v) is 5.23. The van der Waals surface area contributed by atoms with Crippen molar-refractivity contribution in [2.75, 3.05) is 20.1 Å². The Bertz CT molecular complexity index is 1410. The zero-order valence-electron chi connectivity index (χ0n) is 20.0. The number of fused-ring (bicyclic) bond motifs is 1. The van der Waals surface area contributed by atoms with Gasteiger partial charge >= 0.3 is 6.18 Å². The van der Waals surface area contributed by atoms with Gasteiger partial charge in [-0.2, -0.15) is 18.3 Å². The van der Waals surface area contributed by atoms with Gasteiger partial charge in [0.2, 0.25) is 0 Å². The number of nitrogens with zero attached hydrogens (tertiary/aromatic N) is 5. The van der Waals surface area contributed by atoms with Crippen molar-refractivity contribution in [2.45, 2.75) is 31.9 Å². The van der Waals surface area contributed by atoms with Crippen LogP contribution in [0.4, 0.5) is 13.2 Å². The molecule has 3 aromatic heterocycles. The molecule has 1 aliphatic heterocycles. The van der Waals surface area contributed by atoms with Crippen LogP contribution >= 0.6 is 0 Å². The van der Waals surface area contributed by atoms with Gasteiger partial charge in [-0.05, 0) is 49.7 Å². The minimum atomic E-state index is -4.43. The average Bonchev–Trinajstić information content (AvgIpc) is 3.41. The van der Waals surface area contributed by atoms with Crippen LogP contribution < -0.4 is 0 Å². The highest BCUT2D eigenvalue weighted by Crippen LogP contribution is 2.41. The monoisotopic (exact) mass is 493 g/mol. The highest BCUT2D eigenvalue weighted by Gasteiger charge is 2.40. The number of pyridine rings is 2. The van der Waals surface area contributed by atoms with E-state index in [1.165, 1.54) is 6.07 Å². The van der Waals surface area contributed by atoms with E-state index < -0.39 is 11.7 Å². The molecule has 4 aromatic rings. The van der Waals surface area contributed by atoms with Gasteiger partial charge < -0.3 is 4.90 Å². The van der Waals surface area contributed by atoms with Gasteiger partial charge in [-0.15, -0.1) is 0 Å². The van der Waals surface area contributed by atoms with E-state index in [1.807, 2.05) is 37.1 Å². The normalized spacial score (nSPS) is 18.7. The van der Waals surface area contributed by atoms with Crippen LogP contribution in [0.3, 0.4) is 0 Å². The second-order valence-electron chi connectivity index (χ2n) is 9.54. The molecule has 1 saturated heterocycles. The van der Waals surface area contributed by atoms with Crippen LogP contribution in [-0.4, -0.2) is 50.6 Å². The first kappa shape index (κ1) is 24.1. The first-order chi connectivity index (χ1) is 17.2. The summed E-state index contributed by atoms with van der Waals surface area (Å²) in [6, 6.07) is 11.3. The SMILES string of the molecule is Cc1cc(-n2ncc3cc(CC(=O)C[C@H]4CN(C)C[C@@H]4c4ccccc4C(F)(F)F)ncc32)ccn1. The number of benzene rings is 1. The molecule has 9 heteroatoms. The van der Waals surface area contributed by atoms with E-state index in [0.29, 0.717) is 18.8 Å². The minimum absolute atomic E-state index is 0.0335. The van der Waals surface area contributed by atoms with Gasteiger partial charge in [0.1, 0.15) is 5.78 Å². The maximum Gasteiger partial charge on any atom is 0.416 e. The van der Waals surface area contributed by atoms with Crippen LogP contribution in [0, 0.1) is 12.8 Å². The molecule has 5 rings (SSSR count). The summed E-state index contributed by atoms with van der Waals surface area (Å²) in [5.74, 6) is -0.574. The number of Topliss-reactive ketones (excluding diaryl/α,β-unsaturated/α-hetero) is 1. The van der Waals surface area contributed by atoms with E-state index in [-0.39, 0.29) is 36.0 Å². The third kappa shape index (κ3) is 4.88. The number of halogens is 3. The van der Waals surface area contributed by atoms with Gasteiger partial charge in [-0.25, -0.2) is 4.68 Å². The van der Waals surface area contributed by atoms with Crippen molar-refractivity contribution in [1.29, 1.82) is 0 Å². The third-order valence-electron chi connectivity index (χ3n) is 6.79.